The van der Waals surface area contributed by atoms with E-state index in [9.17, 15) is 21.6 Å². The van der Waals surface area contributed by atoms with Gasteiger partial charge in [-0.1, -0.05) is 23.7 Å². The number of benzene rings is 2. The van der Waals surface area contributed by atoms with Crippen LogP contribution >= 0.6 is 11.6 Å². The maximum absolute atomic E-state index is 15.5. The summed E-state index contributed by atoms with van der Waals surface area (Å²) >= 11 is 5.99. The van der Waals surface area contributed by atoms with Crippen molar-refractivity contribution in [3.63, 3.8) is 0 Å². The Bertz CT molecular complexity index is 1700. The molecule has 220 valence electrons. The maximum atomic E-state index is 15.5. The van der Waals surface area contributed by atoms with Crippen LogP contribution in [0.5, 0.6) is 0 Å². The number of aromatic nitrogens is 2. The molecule has 1 atom stereocenters. The molecule has 0 unspecified atom stereocenters. The van der Waals surface area contributed by atoms with E-state index in [1.165, 1.54) is 11.0 Å². The number of hydrogen-bond donors (Lipinski definition) is 1. The zero-order valence-corrected chi connectivity index (χ0v) is 24.8. The number of rotatable bonds is 6. The van der Waals surface area contributed by atoms with Crippen LogP contribution in [0.25, 0.3) is 11.5 Å². The highest BCUT2D eigenvalue weighted by Crippen LogP contribution is 2.38. The van der Waals surface area contributed by atoms with Crippen molar-refractivity contribution in [1.82, 2.24) is 15.1 Å². The van der Waals surface area contributed by atoms with Crippen molar-refractivity contribution in [3.8, 4) is 11.5 Å². The molecule has 5 rings (SSSR count). The van der Waals surface area contributed by atoms with Gasteiger partial charge in [0.25, 0.3) is 5.89 Å². The minimum atomic E-state index is -4.12. The zero-order valence-electron chi connectivity index (χ0n) is 22.4. The van der Waals surface area contributed by atoms with Gasteiger partial charge in [0, 0.05) is 24.7 Å². The molecule has 1 aromatic heterocycles. The average molecular weight is 626 g/mol. The van der Waals surface area contributed by atoms with Gasteiger partial charge in [0.05, 0.1) is 51.4 Å². The highest BCUT2D eigenvalue weighted by molar-refractivity contribution is 7.91. The standard InChI is InChI=1S/C26H29ClFN5O6S2/c1-26(2,15-32-7-9-40(35,36)10-8-32)25-31-30-23(39-25)18-11-21-22(12-19(18)28)41(37,38)14-20(29)24(34)33(21)13-16-3-5-17(27)6-4-16/h3-6,11-12,20H,7-10,13-15,29H2,1-2H3/t20-/m0/s1. The van der Waals surface area contributed by atoms with Gasteiger partial charge in [-0.25, -0.2) is 21.2 Å². The summed E-state index contributed by atoms with van der Waals surface area (Å²) in [4.78, 5) is 16.1. The van der Waals surface area contributed by atoms with Crippen LogP contribution in [-0.2, 0) is 36.4 Å². The van der Waals surface area contributed by atoms with E-state index in [4.69, 9.17) is 21.8 Å². The molecule has 1 amide bonds. The van der Waals surface area contributed by atoms with Gasteiger partial charge in [0.15, 0.2) is 19.7 Å². The number of sulfone groups is 2. The zero-order chi connectivity index (χ0) is 29.7. The van der Waals surface area contributed by atoms with Crippen LogP contribution in [0.2, 0.25) is 5.02 Å². The summed E-state index contributed by atoms with van der Waals surface area (Å²) in [6, 6.07) is 7.36. The lowest BCUT2D eigenvalue weighted by atomic mass is 9.92. The maximum Gasteiger partial charge on any atom is 0.250 e. The number of carbonyl (C=O) groups excluding carboxylic acids is 1. The van der Waals surface area contributed by atoms with Crippen LogP contribution < -0.4 is 10.6 Å². The predicted molar refractivity (Wildman–Crippen MR) is 150 cm³/mol. The van der Waals surface area contributed by atoms with Gasteiger partial charge in [-0.15, -0.1) is 10.2 Å². The van der Waals surface area contributed by atoms with Gasteiger partial charge >= 0.3 is 0 Å². The van der Waals surface area contributed by atoms with Gasteiger partial charge < -0.3 is 20.0 Å². The van der Waals surface area contributed by atoms with Crippen molar-refractivity contribution in [2.24, 2.45) is 5.73 Å². The first-order chi connectivity index (χ1) is 19.1. The third kappa shape index (κ3) is 6.16. The lowest BCUT2D eigenvalue weighted by molar-refractivity contribution is -0.119. The summed E-state index contributed by atoms with van der Waals surface area (Å²) in [5.74, 6) is -2.11. The van der Waals surface area contributed by atoms with Crippen molar-refractivity contribution in [2.75, 3.05) is 41.8 Å². The number of amides is 1. The monoisotopic (exact) mass is 625 g/mol. The van der Waals surface area contributed by atoms with E-state index in [2.05, 4.69) is 10.2 Å². The average Bonchev–Trinajstić information content (AvgIpc) is 3.38. The lowest BCUT2D eigenvalue weighted by Crippen LogP contribution is -2.45. The molecular formula is C26H29ClFN5O6S2. The van der Waals surface area contributed by atoms with Gasteiger partial charge in [-0.2, -0.15) is 0 Å². The van der Waals surface area contributed by atoms with Crippen molar-refractivity contribution < 1.29 is 30.4 Å². The molecule has 1 fully saturated rings. The molecule has 2 aromatic carbocycles. The summed E-state index contributed by atoms with van der Waals surface area (Å²) in [6.45, 7) is 4.84. The molecular weight excluding hydrogens is 597 g/mol. The molecule has 41 heavy (non-hydrogen) atoms. The van der Waals surface area contributed by atoms with Crippen LogP contribution in [0, 0.1) is 5.82 Å². The van der Waals surface area contributed by atoms with Crippen molar-refractivity contribution in [1.29, 1.82) is 0 Å². The van der Waals surface area contributed by atoms with Crippen molar-refractivity contribution >= 4 is 42.9 Å². The van der Waals surface area contributed by atoms with E-state index in [1.54, 1.807) is 24.3 Å². The molecule has 0 bridgehead atoms. The van der Waals surface area contributed by atoms with Gasteiger partial charge in [0.1, 0.15) is 5.82 Å². The molecule has 15 heteroatoms. The van der Waals surface area contributed by atoms with Crippen LogP contribution in [0.15, 0.2) is 45.7 Å². The van der Waals surface area contributed by atoms with Gasteiger partial charge in [-0.3, -0.25) is 4.79 Å². The molecule has 2 aliphatic heterocycles. The number of hydrogen-bond acceptors (Lipinski definition) is 10. The third-order valence-corrected chi connectivity index (χ3v) is 10.9. The fourth-order valence-electron chi connectivity index (χ4n) is 4.96. The molecule has 3 aromatic rings. The van der Waals surface area contributed by atoms with Crippen LogP contribution in [0.1, 0.15) is 25.3 Å². The molecule has 0 radical (unpaired) electrons. The fourth-order valence-corrected chi connectivity index (χ4v) is 7.93. The first-order valence-corrected chi connectivity index (χ1v) is 16.7. The third-order valence-electron chi connectivity index (χ3n) is 7.20. The van der Waals surface area contributed by atoms with Crippen LogP contribution in [0.4, 0.5) is 10.1 Å². The largest absolute Gasteiger partial charge is 0.420 e. The molecule has 1 saturated heterocycles. The Labute approximate surface area is 242 Å². The molecule has 0 spiro atoms. The van der Waals surface area contributed by atoms with E-state index < -0.39 is 48.6 Å². The summed E-state index contributed by atoms with van der Waals surface area (Å²) in [6.07, 6.45) is 0. The van der Waals surface area contributed by atoms with Gasteiger partial charge in [0.2, 0.25) is 11.8 Å². The first-order valence-electron chi connectivity index (χ1n) is 12.8. The predicted octanol–water partition coefficient (Wildman–Crippen LogP) is 2.18. The topological polar surface area (TPSA) is 157 Å². The van der Waals surface area contributed by atoms with Crippen molar-refractivity contribution in [2.45, 2.75) is 36.7 Å². The Morgan fingerprint density at radius 2 is 1.76 bits per heavy atom. The molecule has 2 aliphatic rings. The second kappa shape index (κ2) is 10.7. The Balaban J connectivity index is 1.51. The van der Waals surface area contributed by atoms with Crippen molar-refractivity contribution in [3.05, 3.63) is 58.7 Å². The normalized spacial score (nSPS) is 21.0. The Hall–Kier alpha value is -2.91. The van der Waals surface area contributed by atoms with Gasteiger partial charge in [-0.05, 0) is 43.7 Å². The summed E-state index contributed by atoms with van der Waals surface area (Å²) < 4.78 is 71.2. The Morgan fingerprint density at radius 3 is 2.41 bits per heavy atom. The smallest absolute Gasteiger partial charge is 0.250 e. The highest BCUT2D eigenvalue weighted by Gasteiger charge is 2.38. The fraction of sp³-hybridized carbons (Fsp3) is 0.423. The highest BCUT2D eigenvalue weighted by atomic mass is 35.5. The van der Waals surface area contributed by atoms with Crippen LogP contribution in [-0.4, -0.2) is 80.8 Å². The summed E-state index contributed by atoms with van der Waals surface area (Å²) in [5, 5.41) is 8.64. The minimum absolute atomic E-state index is 0.0367. The van der Waals surface area contributed by atoms with E-state index in [-0.39, 0.29) is 46.0 Å². The van der Waals surface area contributed by atoms with E-state index in [0.29, 0.717) is 30.2 Å². The molecule has 3 heterocycles. The minimum Gasteiger partial charge on any atom is -0.420 e. The Kier molecular flexibility index (Phi) is 7.74. The quantitative estimate of drug-likeness (QED) is 0.431. The number of nitrogens with two attached hydrogens (primary N) is 1. The second-order valence-corrected chi connectivity index (χ2v) is 15.7. The molecule has 0 saturated carbocycles. The molecule has 2 N–H and O–H groups in total. The van der Waals surface area contributed by atoms with E-state index in [0.717, 1.165) is 6.07 Å². The lowest BCUT2D eigenvalue weighted by Gasteiger charge is -2.32. The number of nitrogens with zero attached hydrogens (tertiary/aromatic N) is 4. The summed E-state index contributed by atoms with van der Waals surface area (Å²) in [5.41, 5.74) is 5.68. The number of carbonyl (C=O) groups is 1. The SMILES string of the molecule is CC(C)(CN1CCS(=O)(=O)CC1)c1nnc(-c2cc3c(cc2F)S(=O)(=O)C[C@H](N)C(=O)N3Cc2ccc(Cl)cc2)o1. The van der Waals surface area contributed by atoms with E-state index in [1.807, 2.05) is 18.7 Å². The number of fused-ring (bicyclic) bond motifs is 1. The number of halogens is 2. The molecule has 0 aliphatic carbocycles. The van der Waals surface area contributed by atoms with E-state index >= 15 is 4.39 Å². The van der Waals surface area contributed by atoms with Crippen LogP contribution in [0.3, 0.4) is 0 Å². The Morgan fingerprint density at radius 1 is 1.10 bits per heavy atom. The molecule has 11 nitrogen and oxygen atoms in total. The summed E-state index contributed by atoms with van der Waals surface area (Å²) in [7, 11) is -7.16. The second-order valence-electron chi connectivity index (χ2n) is 11.0. The first kappa shape index (κ1) is 29.6. The number of anilines is 1.